The molecule has 1 aliphatic rings. The lowest BCUT2D eigenvalue weighted by atomic mass is 9.62. The van der Waals surface area contributed by atoms with Crippen LogP contribution in [0.2, 0.25) is 13.1 Å². The van der Waals surface area contributed by atoms with Crippen LogP contribution >= 0.6 is 0 Å². The van der Waals surface area contributed by atoms with E-state index in [1.165, 1.54) is 24.0 Å². The van der Waals surface area contributed by atoms with Crippen LogP contribution in [0.1, 0.15) is 103 Å². The predicted octanol–water partition coefficient (Wildman–Crippen LogP) is 6.77. The Morgan fingerprint density at radius 3 is 2.04 bits per heavy atom. The van der Waals surface area contributed by atoms with Gasteiger partial charge in [0.15, 0.2) is 9.04 Å². The van der Waals surface area contributed by atoms with Crippen molar-refractivity contribution in [3.63, 3.8) is 0 Å². The van der Waals surface area contributed by atoms with E-state index < -0.39 is 9.04 Å². The smallest absolute Gasteiger partial charge is 0.171 e. The zero-order valence-corrected chi connectivity index (χ0v) is 20.1. The van der Waals surface area contributed by atoms with Crippen molar-refractivity contribution in [1.82, 2.24) is 0 Å². The van der Waals surface area contributed by atoms with Crippen LogP contribution in [0, 0.1) is 16.7 Å². The van der Waals surface area contributed by atoms with Crippen LogP contribution < -0.4 is 0 Å². The number of nitriles is 1. The third-order valence-corrected chi connectivity index (χ3v) is 6.96. The molecule has 0 saturated heterocycles. The number of fused-ring (bicyclic) bond motifs is 1. The highest BCUT2D eigenvalue weighted by Crippen LogP contribution is 2.47. The van der Waals surface area contributed by atoms with Crippen LogP contribution in [0.25, 0.3) is 0 Å². The Kier molecular flexibility index (Phi) is 6.34. The molecule has 0 aliphatic heterocycles. The fourth-order valence-corrected chi connectivity index (χ4v) is 5.12. The molecule has 0 bridgehead atoms. The lowest BCUT2D eigenvalue weighted by Gasteiger charge is -2.42. The van der Waals surface area contributed by atoms with E-state index in [1.54, 1.807) is 0 Å². The van der Waals surface area contributed by atoms with Gasteiger partial charge in [-0.3, -0.25) is 0 Å². The zero-order chi connectivity index (χ0) is 20.6. The van der Waals surface area contributed by atoms with Crippen molar-refractivity contribution in [2.24, 2.45) is 5.41 Å². The molecular formula is C24H39NOSi. The second-order valence-electron chi connectivity index (χ2n) is 11.1. The Hall–Kier alpha value is -1.11. The Morgan fingerprint density at radius 1 is 1.07 bits per heavy atom. The molecule has 3 heteroatoms. The zero-order valence-electron chi connectivity index (χ0n) is 19.0. The number of benzene rings is 1. The minimum atomic E-state index is -1.21. The van der Waals surface area contributed by atoms with Crippen molar-refractivity contribution < 1.29 is 4.43 Å². The van der Waals surface area contributed by atoms with E-state index in [1.807, 2.05) is 0 Å². The Morgan fingerprint density at radius 2 is 1.59 bits per heavy atom. The third kappa shape index (κ3) is 5.24. The maximum absolute atomic E-state index is 9.94. The van der Waals surface area contributed by atoms with E-state index in [0.717, 1.165) is 24.0 Å². The van der Waals surface area contributed by atoms with Gasteiger partial charge in [0.25, 0.3) is 0 Å². The maximum atomic E-state index is 9.94. The van der Waals surface area contributed by atoms with Crippen LogP contribution in [-0.2, 0) is 15.3 Å². The van der Waals surface area contributed by atoms with Crippen LogP contribution in [0.15, 0.2) is 12.1 Å². The first-order chi connectivity index (χ1) is 12.3. The third-order valence-electron chi connectivity index (χ3n) is 6.08. The molecule has 0 N–H and O–H groups in total. The van der Waals surface area contributed by atoms with Crippen molar-refractivity contribution in [3.8, 4) is 6.07 Å². The number of rotatable bonds is 5. The molecule has 0 saturated carbocycles. The minimum absolute atomic E-state index is 0.0386. The van der Waals surface area contributed by atoms with Crippen LogP contribution in [0.5, 0.6) is 0 Å². The molecule has 27 heavy (non-hydrogen) atoms. The van der Waals surface area contributed by atoms with Gasteiger partial charge in [-0.15, -0.1) is 0 Å². The monoisotopic (exact) mass is 385 g/mol. The first kappa shape index (κ1) is 22.2. The second-order valence-corrected chi connectivity index (χ2v) is 13.5. The molecule has 0 aromatic heterocycles. The van der Waals surface area contributed by atoms with Crippen molar-refractivity contribution in [3.05, 3.63) is 34.4 Å². The van der Waals surface area contributed by atoms with Gasteiger partial charge in [-0.2, -0.15) is 5.26 Å². The van der Waals surface area contributed by atoms with Crippen LogP contribution in [0.3, 0.4) is 0 Å². The van der Waals surface area contributed by atoms with Gasteiger partial charge in [0.1, 0.15) is 0 Å². The molecule has 2 nitrogen and oxygen atoms in total. The van der Waals surface area contributed by atoms with E-state index in [4.69, 9.17) is 4.43 Å². The van der Waals surface area contributed by atoms with Crippen LogP contribution in [0.4, 0.5) is 0 Å². The Labute approximate surface area is 169 Å². The summed E-state index contributed by atoms with van der Waals surface area (Å²) in [4.78, 5) is 0. The van der Waals surface area contributed by atoms with Gasteiger partial charge >= 0.3 is 0 Å². The lowest BCUT2D eigenvalue weighted by molar-refractivity contribution is 0.173. The van der Waals surface area contributed by atoms with Crippen molar-refractivity contribution >= 4 is 9.04 Å². The summed E-state index contributed by atoms with van der Waals surface area (Å²) in [5.41, 5.74) is 5.25. The highest BCUT2D eigenvalue weighted by Gasteiger charge is 2.38. The van der Waals surface area contributed by atoms with Crippen molar-refractivity contribution in [2.45, 2.75) is 104 Å². The molecule has 1 unspecified atom stereocenters. The lowest BCUT2D eigenvalue weighted by Crippen LogP contribution is -2.34. The average molecular weight is 386 g/mol. The largest absolute Gasteiger partial charge is 0.414 e. The van der Waals surface area contributed by atoms with Crippen molar-refractivity contribution in [1.29, 1.82) is 5.26 Å². The summed E-state index contributed by atoms with van der Waals surface area (Å²) in [6.45, 7) is 20.6. The van der Waals surface area contributed by atoms with Crippen molar-refractivity contribution in [2.75, 3.05) is 0 Å². The number of nitrogens with zero attached hydrogens (tertiary/aromatic N) is 1. The molecule has 2 rings (SSSR count). The van der Waals surface area contributed by atoms with Gasteiger partial charge < -0.3 is 4.43 Å². The molecular weight excluding hydrogens is 346 g/mol. The normalized spacial score (nSPS) is 19.4. The molecule has 0 radical (unpaired) electrons. The van der Waals surface area contributed by atoms with E-state index in [-0.39, 0.29) is 22.3 Å². The Balaban J connectivity index is 2.58. The first-order valence-corrected chi connectivity index (χ1v) is 13.3. The number of hydrogen-bond acceptors (Lipinski definition) is 2. The molecule has 0 spiro atoms. The molecule has 0 fully saturated rings. The number of hydrogen-bond donors (Lipinski definition) is 0. The summed E-state index contributed by atoms with van der Waals surface area (Å²) in [7, 11) is -1.21. The molecule has 0 heterocycles. The topological polar surface area (TPSA) is 33.0 Å². The second kappa shape index (κ2) is 7.72. The highest BCUT2D eigenvalue weighted by atomic mass is 28.3. The van der Waals surface area contributed by atoms with E-state index in [9.17, 15) is 5.26 Å². The SMILES string of the molecule is C[SiH](C)OC(CCC(C)(C)C)c1cc2c(cc1C#N)C(C)(C)CCC2(C)C. The molecule has 1 atom stereocenters. The quantitative estimate of drug-likeness (QED) is 0.524. The van der Waals surface area contributed by atoms with Gasteiger partial charge in [-0.05, 0) is 77.8 Å². The summed E-state index contributed by atoms with van der Waals surface area (Å²) < 4.78 is 6.47. The summed E-state index contributed by atoms with van der Waals surface area (Å²) in [5.74, 6) is 0. The fraction of sp³-hybridized carbons (Fsp3) is 0.708. The summed E-state index contributed by atoms with van der Waals surface area (Å²) in [5, 5.41) is 9.94. The molecule has 0 amide bonds. The van der Waals surface area contributed by atoms with Gasteiger partial charge in [-0.25, -0.2) is 0 Å². The van der Waals surface area contributed by atoms with Crippen LogP contribution in [-0.4, -0.2) is 9.04 Å². The maximum Gasteiger partial charge on any atom is 0.171 e. The predicted molar refractivity (Wildman–Crippen MR) is 118 cm³/mol. The van der Waals surface area contributed by atoms with E-state index >= 15 is 0 Å². The average Bonchev–Trinajstić information content (AvgIpc) is 2.53. The minimum Gasteiger partial charge on any atom is -0.414 e. The molecule has 1 aliphatic carbocycles. The van der Waals surface area contributed by atoms with Gasteiger partial charge in [0, 0.05) is 0 Å². The molecule has 150 valence electrons. The van der Waals surface area contributed by atoms with Gasteiger partial charge in [0.2, 0.25) is 0 Å². The van der Waals surface area contributed by atoms with E-state index in [2.05, 4.69) is 79.8 Å². The Bertz CT molecular complexity index is 719. The van der Waals surface area contributed by atoms with Gasteiger partial charge in [0.05, 0.1) is 17.7 Å². The molecule has 1 aromatic carbocycles. The first-order valence-electron chi connectivity index (χ1n) is 10.5. The molecule has 1 aromatic rings. The standard InChI is InChI=1S/C24H39NOSi/c1-22(2,3)11-10-21(26-27(8)9)18-15-20-19(14-17(18)16-25)23(4,5)12-13-24(20,6)7/h14-15,21,27H,10-13H2,1-9H3. The summed E-state index contributed by atoms with van der Waals surface area (Å²) >= 11 is 0. The summed E-state index contributed by atoms with van der Waals surface area (Å²) in [6.07, 6.45) is 4.46. The summed E-state index contributed by atoms with van der Waals surface area (Å²) in [6, 6.07) is 7.01. The fourth-order valence-electron chi connectivity index (χ4n) is 4.18. The van der Waals surface area contributed by atoms with E-state index in [0.29, 0.717) is 0 Å². The highest BCUT2D eigenvalue weighted by molar-refractivity contribution is 6.48. The van der Waals surface area contributed by atoms with Gasteiger partial charge in [-0.1, -0.05) is 54.5 Å².